The summed E-state index contributed by atoms with van der Waals surface area (Å²) in [4.78, 5) is 13.7. The molecule has 3 aliphatic carbocycles. The van der Waals surface area contributed by atoms with E-state index in [-0.39, 0.29) is 28.1 Å². The highest BCUT2D eigenvalue weighted by atomic mass is 32.2. The number of nitrogens with zero attached hydrogens (tertiary/aromatic N) is 2. The van der Waals surface area contributed by atoms with E-state index in [1.807, 2.05) is 0 Å². The maximum Gasteiger partial charge on any atom is 0.389 e. The van der Waals surface area contributed by atoms with Crippen LogP contribution in [0.1, 0.15) is 51.4 Å². The number of ether oxygens (including phenoxy) is 1. The predicted octanol–water partition coefficient (Wildman–Crippen LogP) is 7.22. The van der Waals surface area contributed by atoms with E-state index in [9.17, 15) is 44.7 Å². The summed E-state index contributed by atoms with van der Waals surface area (Å²) in [6, 6.07) is 6.79. The van der Waals surface area contributed by atoms with Gasteiger partial charge in [-0.1, -0.05) is 0 Å². The maximum absolute atomic E-state index is 14.0. The van der Waals surface area contributed by atoms with Crippen molar-refractivity contribution >= 4 is 39.1 Å². The first-order chi connectivity index (χ1) is 20.9. The summed E-state index contributed by atoms with van der Waals surface area (Å²) in [7, 11) is -3.26. The summed E-state index contributed by atoms with van der Waals surface area (Å²) < 4.78 is 116. The number of carboxylic acids is 1. The normalized spacial score (nSPS) is 24.7. The van der Waals surface area contributed by atoms with E-state index in [4.69, 9.17) is 4.74 Å². The third-order valence-corrected chi connectivity index (χ3v) is 12.7. The number of benzene rings is 2. The molecule has 1 heterocycles. The molecule has 2 aromatic rings. The first-order valence-corrected chi connectivity index (χ1v) is 16.9. The van der Waals surface area contributed by atoms with Crippen LogP contribution in [-0.2, 0) is 14.8 Å². The molecule has 1 spiro atoms. The number of sulfonamides is 1. The van der Waals surface area contributed by atoms with Crippen LogP contribution in [0.3, 0.4) is 0 Å². The Labute approximate surface area is 261 Å². The number of alkyl halides is 5. The number of likely N-dealkylation sites (N-methyl/N-ethyl adjacent to an activating group) is 1. The zero-order valence-electron chi connectivity index (χ0n) is 24.2. The molecule has 1 N–H and O–H groups in total. The monoisotopic (exact) mass is 678 g/mol. The largest absolute Gasteiger partial charge is 0.491 e. The van der Waals surface area contributed by atoms with Crippen LogP contribution in [-0.4, -0.2) is 67.4 Å². The third-order valence-electron chi connectivity index (χ3n) is 9.50. The summed E-state index contributed by atoms with van der Waals surface area (Å²) in [5, 5.41) is 9.90. The number of carboxylic acid groups (broad SMARTS) is 1. The molecule has 3 saturated carbocycles. The van der Waals surface area contributed by atoms with Gasteiger partial charge in [0.1, 0.15) is 28.5 Å². The van der Waals surface area contributed by atoms with Gasteiger partial charge in [-0.15, -0.1) is 11.8 Å². The van der Waals surface area contributed by atoms with Crippen molar-refractivity contribution in [3.63, 3.8) is 0 Å². The summed E-state index contributed by atoms with van der Waals surface area (Å²) in [5.41, 5.74) is -1.05. The van der Waals surface area contributed by atoms with Crippen LogP contribution in [0.4, 0.5) is 37.7 Å². The van der Waals surface area contributed by atoms with Crippen LogP contribution in [0.2, 0.25) is 0 Å². The lowest BCUT2D eigenvalue weighted by Gasteiger charge is -2.43. The van der Waals surface area contributed by atoms with E-state index >= 15 is 0 Å². The minimum atomic E-state index is -4.53. The molecule has 7 nitrogen and oxygen atoms in total. The number of carbonyl (C=O) groups is 1. The van der Waals surface area contributed by atoms with Crippen LogP contribution < -0.4 is 9.64 Å². The second-order valence-electron chi connectivity index (χ2n) is 12.9. The first kappa shape index (κ1) is 32.3. The highest BCUT2D eigenvalue weighted by molar-refractivity contribution is 8.00. The lowest BCUT2D eigenvalue weighted by Crippen LogP contribution is -2.54. The van der Waals surface area contributed by atoms with E-state index in [1.165, 1.54) is 49.1 Å². The van der Waals surface area contributed by atoms with Crippen molar-refractivity contribution in [3.05, 3.63) is 42.2 Å². The van der Waals surface area contributed by atoms with Crippen molar-refractivity contribution in [3.8, 4) is 5.75 Å². The molecule has 1 aliphatic heterocycles. The second-order valence-corrected chi connectivity index (χ2v) is 16.2. The molecule has 0 aromatic heterocycles. The molecule has 45 heavy (non-hydrogen) atoms. The number of hydrogen-bond donors (Lipinski definition) is 1. The van der Waals surface area contributed by atoms with Gasteiger partial charge in [0.25, 0.3) is 5.92 Å². The first-order valence-electron chi connectivity index (χ1n) is 14.6. The standard InChI is InChI=1S/C30H32F6N2O5S2/c1-37-20(6-7-30(34,35)36)14-38(19-4-2-18(31)3-5-19)22-10-24(44-21-12-27(13-21)8-9-27)23(11-25(22)45(37,41)42)43-17-28(26(39)40)15-29(32,33)16-28/h2-5,10-11,20-21H,6-9,12-17H2,1H3,(H,39,40)/t20-/m1/s1. The fourth-order valence-corrected chi connectivity index (χ4v) is 9.83. The van der Waals surface area contributed by atoms with E-state index in [1.54, 1.807) is 11.0 Å². The number of thioether (sulfide) groups is 1. The average Bonchev–Trinajstić information content (AvgIpc) is 3.72. The molecule has 0 radical (unpaired) electrons. The molecule has 0 bridgehead atoms. The van der Waals surface area contributed by atoms with E-state index in [0.717, 1.165) is 30.0 Å². The molecule has 2 aromatic carbocycles. The Morgan fingerprint density at radius 3 is 2.31 bits per heavy atom. The average molecular weight is 679 g/mol. The van der Waals surface area contributed by atoms with Crippen LogP contribution >= 0.6 is 11.8 Å². The van der Waals surface area contributed by atoms with Crippen LogP contribution in [0, 0.1) is 16.6 Å². The molecular weight excluding hydrogens is 646 g/mol. The number of aliphatic carboxylic acids is 1. The topological polar surface area (TPSA) is 87.2 Å². The Kier molecular flexibility index (Phi) is 7.87. The SMILES string of the molecule is CN1[C@H](CCC(F)(F)F)CN(c2ccc(F)cc2)c2cc(SC3CC4(CC4)C3)c(OCC3(C(=O)O)CC(F)(F)C3)cc2S1(=O)=O. The van der Waals surface area contributed by atoms with Crippen molar-refractivity contribution in [1.82, 2.24) is 4.31 Å². The van der Waals surface area contributed by atoms with Crippen LogP contribution in [0.15, 0.2) is 46.2 Å². The van der Waals surface area contributed by atoms with E-state index in [0.29, 0.717) is 16.0 Å². The van der Waals surface area contributed by atoms with Gasteiger partial charge in [0.05, 0.1) is 10.6 Å². The van der Waals surface area contributed by atoms with Gasteiger partial charge >= 0.3 is 12.1 Å². The second kappa shape index (κ2) is 11.0. The van der Waals surface area contributed by atoms with Crippen molar-refractivity contribution in [1.29, 1.82) is 0 Å². The molecular formula is C30H32F6N2O5S2. The molecule has 4 aliphatic rings. The molecule has 0 amide bonds. The molecule has 246 valence electrons. The Morgan fingerprint density at radius 1 is 1.11 bits per heavy atom. The molecule has 3 fully saturated rings. The Morgan fingerprint density at radius 2 is 1.76 bits per heavy atom. The van der Waals surface area contributed by atoms with Gasteiger partial charge in [-0.3, -0.25) is 4.79 Å². The summed E-state index contributed by atoms with van der Waals surface area (Å²) >= 11 is 1.41. The summed E-state index contributed by atoms with van der Waals surface area (Å²) in [6.45, 7) is -0.789. The number of hydrogen-bond acceptors (Lipinski definition) is 6. The van der Waals surface area contributed by atoms with Gasteiger partial charge in [-0.25, -0.2) is 21.6 Å². The smallest absolute Gasteiger partial charge is 0.389 e. The van der Waals surface area contributed by atoms with Crippen molar-refractivity contribution in [2.45, 2.75) is 84.5 Å². The zero-order valence-corrected chi connectivity index (χ0v) is 25.9. The molecule has 0 unspecified atom stereocenters. The van der Waals surface area contributed by atoms with E-state index in [2.05, 4.69) is 0 Å². The van der Waals surface area contributed by atoms with Crippen molar-refractivity contribution in [2.75, 3.05) is 25.1 Å². The highest BCUT2D eigenvalue weighted by Crippen LogP contribution is 2.65. The van der Waals surface area contributed by atoms with Crippen LogP contribution in [0.25, 0.3) is 0 Å². The fourth-order valence-electron chi connectivity index (χ4n) is 6.62. The predicted molar refractivity (Wildman–Crippen MR) is 154 cm³/mol. The zero-order chi connectivity index (χ0) is 32.6. The highest BCUT2D eigenvalue weighted by Gasteiger charge is 2.62. The lowest BCUT2D eigenvalue weighted by molar-refractivity contribution is -0.199. The maximum atomic E-state index is 14.0. The summed E-state index contributed by atoms with van der Waals surface area (Å²) in [5.74, 6) is -5.17. The Hall–Kier alpha value is -2.65. The third kappa shape index (κ3) is 6.36. The van der Waals surface area contributed by atoms with Crippen molar-refractivity contribution < 1.29 is 49.4 Å². The van der Waals surface area contributed by atoms with Gasteiger partial charge in [0, 0.05) is 55.9 Å². The Bertz CT molecular complexity index is 1580. The van der Waals surface area contributed by atoms with E-state index < -0.39 is 77.7 Å². The fraction of sp³-hybridized carbons (Fsp3) is 0.567. The van der Waals surface area contributed by atoms with Crippen LogP contribution in [0.5, 0.6) is 5.75 Å². The van der Waals surface area contributed by atoms with Gasteiger partial charge in [0.15, 0.2) is 0 Å². The lowest BCUT2D eigenvalue weighted by atomic mass is 9.66. The van der Waals surface area contributed by atoms with Crippen molar-refractivity contribution in [2.24, 2.45) is 10.8 Å². The number of rotatable bonds is 9. The minimum absolute atomic E-state index is 0.00360. The number of anilines is 2. The molecule has 1 atom stereocenters. The Balaban J connectivity index is 1.43. The minimum Gasteiger partial charge on any atom is -0.491 e. The number of fused-ring (bicyclic) bond motifs is 1. The molecule has 6 rings (SSSR count). The van der Waals surface area contributed by atoms with Gasteiger partial charge in [-0.05, 0) is 67.9 Å². The molecule has 0 saturated heterocycles. The van der Waals surface area contributed by atoms with Gasteiger partial charge < -0.3 is 14.7 Å². The van der Waals surface area contributed by atoms with Gasteiger partial charge in [-0.2, -0.15) is 17.5 Å². The quantitative estimate of drug-likeness (QED) is 0.280. The van der Waals surface area contributed by atoms with Gasteiger partial charge in [0.2, 0.25) is 10.0 Å². The summed E-state index contributed by atoms with van der Waals surface area (Å²) in [6.07, 6.45) is -4.06. The number of halogens is 6. The molecule has 15 heteroatoms.